The highest BCUT2D eigenvalue weighted by atomic mass is 32.1. The quantitative estimate of drug-likeness (QED) is 0.859. The van der Waals surface area contributed by atoms with Crippen molar-refractivity contribution in [1.29, 1.82) is 0 Å². The topological polar surface area (TPSA) is 54.0 Å². The van der Waals surface area contributed by atoms with Crippen LogP contribution < -0.4 is 10.6 Å². The van der Waals surface area contributed by atoms with E-state index in [-0.39, 0.29) is 5.91 Å². The normalized spacial score (nSPS) is 10.3. The number of nitrogens with one attached hydrogen (secondary N) is 2. The molecule has 5 heteroatoms. The second-order valence-electron chi connectivity index (χ2n) is 4.36. The van der Waals surface area contributed by atoms with E-state index in [0.717, 1.165) is 18.7 Å². The summed E-state index contributed by atoms with van der Waals surface area (Å²) in [6, 6.07) is 3.93. The van der Waals surface area contributed by atoms with Crippen LogP contribution in [0, 0.1) is 0 Å². The fourth-order valence-corrected chi connectivity index (χ4v) is 2.93. The molecule has 4 nitrogen and oxygen atoms in total. The predicted octanol–water partition coefficient (Wildman–Crippen LogP) is 3.07. The molecule has 0 fully saturated rings. The lowest BCUT2D eigenvalue weighted by Gasteiger charge is -2.10. The summed E-state index contributed by atoms with van der Waals surface area (Å²) >= 11 is 1.68. The SMILES string of the molecule is CCNc1ccncc1C(=O)NCc1sccc1CC. The van der Waals surface area contributed by atoms with Gasteiger partial charge in [-0.3, -0.25) is 9.78 Å². The van der Waals surface area contributed by atoms with Gasteiger partial charge in [0.05, 0.1) is 17.8 Å². The second kappa shape index (κ2) is 7.05. The van der Waals surface area contributed by atoms with Crippen LogP contribution in [0.15, 0.2) is 29.9 Å². The first-order chi connectivity index (χ1) is 9.76. The van der Waals surface area contributed by atoms with Crippen molar-refractivity contribution in [2.24, 2.45) is 0 Å². The van der Waals surface area contributed by atoms with E-state index in [0.29, 0.717) is 12.1 Å². The monoisotopic (exact) mass is 289 g/mol. The van der Waals surface area contributed by atoms with Crippen LogP contribution >= 0.6 is 11.3 Å². The number of carbonyl (C=O) groups is 1. The average molecular weight is 289 g/mol. The summed E-state index contributed by atoms with van der Waals surface area (Å²) in [5, 5.41) is 8.20. The minimum Gasteiger partial charge on any atom is -0.385 e. The highest BCUT2D eigenvalue weighted by Gasteiger charge is 2.11. The van der Waals surface area contributed by atoms with E-state index in [2.05, 4.69) is 34.0 Å². The minimum atomic E-state index is -0.0931. The smallest absolute Gasteiger partial charge is 0.255 e. The number of pyridine rings is 1. The van der Waals surface area contributed by atoms with Crippen LogP contribution in [0.2, 0.25) is 0 Å². The van der Waals surface area contributed by atoms with Crippen LogP contribution in [0.25, 0.3) is 0 Å². The van der Waals surface area contributed by atoms with Gasteiger partial charge in [-0.15, -0.1) is 11.3 Å². The van der Waals surface area contributed by atoms with Crippen molar-refractivity contribution in [1.82, 2.24) is 10.3 Å². The number of anilines is 1. The fourth-order valence-electron chi connectivity index (χ4n) is 2.01. The molecule has 2 N–H and O–H groups in total. The Morgan fingerprint density at radius 3 is 2.95 bits per heavy atom. The van der Waals surface area contributed by atoms with Gasteiger partial charge in [-0.2, -0.15) is 0 Å². The molecule has 0 saturated heterocycles. The van der Waals surface area contributed by atoms with Gasteiger partial charge >= 0.3 is 0 Å². The van der Waals surface area contributed by atoms with E-state index in [1.165, 1.54) is 10.4 Å². The Morgan fingerprint density at radius 1 is 1.35 bits per heavy atom. The second-order valence-corrected chi connectivity index (χ2v) is 5.36. The number of carbonyl (C=O) groups excluding carboxylic acids is 1. The molecule has 106 valence electrons. The van der Waals surface area contributed by atoms with Crippen molar-refractivity contribution < 1.29 is 4.79 Å². The van der Waals surface area contributed by atoms with Crippen molar-refractivity contribution in [3.63, 3.8) is 0 Å². The van der Waals surface area contributed by atoms with Gasteiger partial charge in [-0.05, 0) is 36.4 Å². The number of nitrogens with zero attached hydrogens (tertiary/aromatic N) is 1. The predicted molar refractivity (Wildman–Crippen MR) is 83.3 cm³/mol. The molecule has 0 aliphatic rings. The van der Waals surface area contributed by atoms with E-state index in [4.69, 9.17) is 0 Å². The molecule has 2 aromatic rings. The van der Waals surface area contributed by atoms with Crippen LogP contribution in [0.3, 0.4) is 0 Å². The molecule has 0 unspecified atom stereocenters. The van der Waals surface area contributed by atoms with Crippen molar-refractivity contribution in [3.05, 3.63) is 45.9 Å². The Balaban J connectivity index is 2.05. The van der Waals surface area contributed by atoms with E-state index >= 15 is 0 Å². The van der Waals surface area contributed by atoms with Crippen LogP contribution in [0.1, 0.15) is 34.6 Å². The summed E-state index contributed by atoms with van der Waals surface area (Å²) in [4.78, 5) is 17.5. The van der Waals surface area contributed by atoms with E-state index in [1.54, 1.807) is 23.7 Å². The number of amides is 1. The molecular weight excluding hydrogens is 270 g/mol. The molecule has 2 aromatic heterocycles. The van der Waals surface area contributed by atoms with Crippen molar-refractivity contribution in [2.45, 2.75) is 26.8 Å². The van der Waals surface area contributed by atoms with Gasteiger partial charge in [0.15, 0.2) is 0 Å². The largest absolute Gasteiger partial charge is 0.385 e. The van der Waals surface area contributed by atoms with Crippen molar-refractivity contribution in [2.75, 3.05) is 11.9 Å². The van der Waals surface area contributed by atoms with E-state index < -0.39 is 0 Å². The van der Waals surface area contributed by atoms with Gasteiger partial charge in [-0.1, -0.05) is 6.92 Å². The van der Waals surface area contributed by atoms with Gasteiger partial charge in [0.2, 0.25) is 0 Å². The number of thiophene rings is 1. The first-order valence-corrected chi connectivity index (χ1v) is 7.65. The van der Waals surface area contributed by atoms with Gasteiger partial charge < -0.3 is 10.6 Å². The lowest BCUT2D eigenvalue weighted by Crippen LogP contribution is -2.24. The first-order valence-electron chi connectivity index (χ1n) is 6.77. The standard InChI is InChI=1S/C15H19N3OS/c1-3-11-6-8-20-14(11)10-18-15(19)12-9-16-7-5-13(12)17-4-2/h5-9H,3-4,10H2,1-2H3,(H,16,17)(H,18,19). The summed E-state index contributed by atoms with van der Waals surface area (Å²) < 4.78 is 0. The van der Waals surface area contributed by atoms with E-state index in [1.807, 2.05) is 13.0 Å². The van der Waals surface area contributed by atoms with Crippen LogP contribution in [0.4, 0.5) is 5.69 Å². The Morgan fingerprint density at radius 2 is 2.20 bits per heavy atom. The highest BCUT2D eigenvalue weighted by molar-refractivity contribution is 7.10. The molecule has 0 aromatic carbocycles. The first kappa shape index (κ1) is 14.5. The molecule has 20 heavy (non-hydrogen) atoms. The summed E-state index contributed by atoms with van der Waals surface area (Å²) in [5.74, 6) is -0.0931. The molecule has 2 heterocycles. The molecule has 0 atom stereocenters. The van der Waals surface area contributed by atoms with Gasteiger partial charge in [-0.25, -0.2) is 0 Å². The zero-order valence-corrected chi connectivity index (χ0v) is 12.6. The number of aromatic nitrogens is 1. The zero-order chi connectivity index (χ0) is 14.4. The Labute approximate surface area is 123 Å². The zero-order valence-electron chi connectivity index (χ0n) is 11.8. The molecule has 1 amide bonds. The minimum absolute atomic E-state index is 0.0931. The number of hydrogen-bond acceptors (Lipinski definition) is 4. The molecular formula is C15H19N3OS. The molecule has 2 rings (SSSR count). The van der Waals surface area contributed by atoms with Gasteiger partial charge in [0, 0.05) is 23.8 Å². The van der Waals surface area contributed by atoms with Crippen LogP contribution in [0.5, 0.6) is 0 Å². The molecule has 0 saturated carbocycles. The molecule has 0 aliphatic heterocycles. The highest BCUT2D eigenvalue weighted by Crippen LogP contribution is 2.18. The third-order valence-corrected chi connectivity index (χ3v) is 4.02. The van der Waals surface area contributed by atoms with Crippen molar-refractivity contribution >= 4 is 22.9 Å². The summed E-state index contributed by atoms with van der Waals surface area (Å²) in [5.41, 5.74) is 2.71. The maximum absolute atomic E-state index is 12.2. The summed E-state index contributed by atoms with van der Waals surface area (Å²) in [6.07, 6.45) is 4.27. The lowest BCUT2D eigenvalue weighted by molar-refractivity contribution is 0.0951. The maximum atomic E-state index is 12.2. The van der Waals surface area contributed by atoms with Gasteiger partial charge in [0.1, 0.15) is 0 Å². The summed E-state index contributed by atoms with van der Waals surface area (Å²) in [6.45, 7) is 5.47. The third kappa shape index (κ3) is 3.36. The molecule has 0 spiro atoms. The molecule has 0 bridgehead atoms. The van der Waals surface area contributed by atoms with Crippen molar-refractivity contribution in [3.8, 4) is 0 Å². The number of aryl methyl sites for hydroxylation is 1. The number of rotatable bonds is 6. The average Bonchev–Trinajstić information content (AvgIpc) is 2.93. The van der Waals surface area contributed by atoms with Gasteiger partial charge in [0.25, 0.3) is 5.91 Å². The molecule has 0 aliphatic carbocycles. The maximum Gasteiger partial charge on any atom is 0.255 e. The van der Waals surface area contributed by atoms with Crippen LogP contribution in [-0.4, -0.2) is 17.4 Å². The Bertz CT molecular complexity index is 580. The Kier molecular flexibility index (Phi) is 5.12. The van der Waals surface area contributed by atoms with E-state index in [9.17, 15) is 4.79 Å². The number of hydrogen-bond donors (Lipinski definition) is 2. The third-order valence-electron chi connectivity index (χ3n) is 3.06. The fraction of sp³-hybridized carbons (Fsp3) is 0.333. The lowest BCUT2D eigenvalue weighted by atomic mass is 10.2. The molecule has 0 radical (unpaired) electrons. The Hall–Kier alpha value is -1.88. The summed E-state index contributed by atoms with van der Waals surface area (Å²) in [7, 11) is 0. The van der Waals surface area contributed by atoms with Crippen LogP contribution in [-0.2, 0) is 13.0 Å².